The maximum absolute atomic E-state index is 12.3. The van der Waals surface area contributed by atoms with Crippen molar-refractivity contribution in [1.82, 2.24) is 0 Å². The van der Waals surface area contributed by atoms with Gasteiger partial charge in [0, 0.05) is 46.1 Å². The molecule has 0 amide bonds. The Labute approximate surface area is 153 Å². The van der Waals surface area contributed by atoms with Crippen molar-refractivity contribution in [2.45, 2.75) is 38.5 Å². The molecule has 0 unspecified atom stereocenters. The SMILES string of the molecule is Nc1ccc(C2=C(O)CCCC2=O)c(I)c1C1=C(O)CCCC1=O. The molecule has 24 heavy (non-hydrogen) atoms. The lowest BCUT2D eigenvalue weighted by Gasteiger charge is -2.22. The van der Waals surface area contributed by atoms with Crippen molar-refractivity contribution in [3.8, 4) is 0 Å². The number of hydrogen-bond acceptors (Lipinski definition) is 5. The molecule has 2 aliphatic carbocycles. The summed E-state index contributed by atoms with van der Waals surface area (Å²) in [5.41, 5.74) is 8.04. The molecule has 6 heteroatoms. The number of hydrogen-bond donors (Lipinski definition) is 3. The van der Waals surface area contributed by atoms with Crippen LogP contribution in [-0.2, 0) is 9.59 Å². The van der Waals surface area contributed by atoms with Gasteiger partial charge in [-0.2, -0.15) is 0 Å². The Bertz CT molecular complexity index is 807. The van der Waals surface area contributed by atoms with Crippen LogP contribution in [0.2, 0.25) is 0 Å². The lowest BCUT2D eigenvalue weighted by Crippen LogP contribution is -2.16. The van der Waals surface area contributed by atoms with Gasteiger partial charge in [0.05, 0.1) is 11.1 Å². The molecule has 1 aromatic carbocycles. The Morgan fingerprint density at radius 1 is 0.875 bits per heavy atom. The van der Waals surface area contributed by atoms with Crippen molar-refractivity contribution < 1.29 is 19.8 Å². The molecule has 0 aromatic heterocycles. The topological polar surface area (TPSA) is 101 Å². The van der Waals surface area contributed by atoms with Crippen LogP contribution in [0, 0.1) is 3.57 Å². The second kappa shape index (κ2) is 6.58. The number of carbonyl (C=O) groups excluding carboxylic acids is 2. The molecular weight excluding hydrogens is 421 g/mol. The summed E-state index contributed by atoms with van der Waals surface area (Å²) < 4.78 is 0.612. The van der Waals surface area contributed by atoms with Crippen molar-refractivity contribution in [2.24, 2.45) is 0 Å². The first-order chi connectivity index (χ1) is 11.4. The first-order valence-corrected chi connectivity index (χ1v) is 8.99. The standard InChI is InChI=1S/C18H18INO4/c19-18-9(15-11(21)3-1-4-12(15)22)7-8-10(20)16(18)17-13(23)5-2-6-14(17)24/h7-8,21,23H,1-6,20H2. The van der Waals surface area contributed by atoms with Gasteiger partial charge in [-0.15, -0.1) is 0 Å². The number of aliphatic hydroxyl groups is 2. The first-order valence-electron chi connectivity index (χ1n) is 7.91. The lowest BCUT2D eigenvalue weighted by molar-refractivity contribution is -0.115. The van der Waals surface area contributed by atoms with Crippen molar-refractivity contribution >= 4 is 51.0 Å². The number of aliphatic hydroxyl groups excluding tert-OH is 2. The van der Waals surface area contributed by atoms with Crippen molar-refractivity contribution in [2.75, 3.05) is 5.73 Å². The third-order valence-corrected chi connectivity index (χ3v) is 5.58. The summed E-state index contributed by atoms with van der Waals surface area (Å²) in [4.78, 5) is 24.6. The number of allylic oxidation sites excluding steroid dienone is 4. The molecule has 0 saturated heterocycles. The summed E-state index contributed by atoms with van der Waals surface area (Å²) >= 11 is 2.04. The van der Waals surface area contributed by atoms with E-state index in [-0.39, 0.29) is 28.7 Å². The molecule has 0 atom stereocenters. The van der Waals surface area contributed by atoms with Crippen molar-refractivity contribution in [3.63, 3.8) is 0 Å². The fraction of sp³-hybridized carbons (Fsp3) is 0.333. The van der Waals surface area contributed by atoms with Gasteiger partial charge in [0.15, 0.2) is 11.6 Å². The van der Waals surface area contributed by atoms with E-state index in [1.165, 1.54) is 0 Å². The Balaban J connectivity index is 2.24. The minimum Gasteiger partial charge on any atom is -0.512 e. The fourth-order valence-electron chi connectivity index (χ4n) is 3.28. The number of halogens is 1. The molecule has 0 radical (unpaired) electrons. The van der Waals surface area contributed by atoms with Crippen LogP contribution in [0.4, 0.5) is 5.69 Å². The normalized spacial score (nSPS) is 19.2. The molecule has 0 fully saturated rings. The van der Waals surface area contributed by atoms with Crippen molar-refractivity contribution in [3.05, 3.63) is 38.3 Å². The van der Waals surface area contributed by atoms with Crippen LogP contribution in [0.1, 0.15) is 49.7 Å². The van der Waals surface area contributed by atoms with Crippen LogP contribution in [0.25, 0.3) is 11.1 Å². The largest absolute Gasteiger partial charge is 0.512 e. The first kappa shape index (κ1) is 17.0. The predicted octanol–water partition coefficient (Wildman–Crippen LogP) is 3.92. The highest BCUT2D eigenvalue weighted by atomic mass is 127. The predicted molar refractivity (Wildman–Crippen MR) is 100 cm³/mol. The van der Waals surface area contributed by atoms with Gasteiger partial charge in [0.1, 0.15) is 11.5 Å². The molecule has 5 nitrogen and oxygen atoms in total. The summed E-state index contributed by atoms with van der Waals surface area (Å²) in [6, 6.07) is 3.32. The quantitative estimate of drug-likeness (QED) is 0.479. The van der Waals surface area contributed by atoms with E-state index in [2.05, 4.69) is 0 Å². The number of rotatable bonds is 2. The summed E-state index contributed by atoms with van der Waals surface area (Å²) in [7, 11) is 0. The zero-order chi connectivity index (χ0) is 17.4. The molecule has 0 aliphatic heterocycles. The third-order valence-electron chi connectivity index (χ3n) is 4.46. The van der Waals surface area contributed by atoms with Gasteiger partial charge in [0.2, 0.25) is 0 Å². The number of carbonyl (C=O) groups is 2. The summed E-state index contributed by atoms with van der Waals surface area (Å²) in [6.45, 7) is 0. The van der Waals surface area contributed by atoms with E-state index in [1.807, 2.05) is 22.6 Å². The highest BCUT2D eigenvalue weighted by Gasteiger charge is 2.29. The molecule has 2 aliphatic rings. The highest BCUT2D eigenvalue weighted by Crippen LogP contribution is 2.39. The van der Waals surface area contributed by atoms with E-state index >= 15 is 0 Å². The zero-order valence-corrected chi connectivity index (χ0v) is 15.2. The van der Waals surface area contributed by atoms with E-state index in [9.17, 15) is 19.8 Å². The molecule has 0 bridgehead atoms. The van der Waals surface area contributed by atoms with Crippen LogP contribution in [0.3, 0.4) is 0 Å². The summed E-state index contributed by atoms with van der Waals surface area (Å²) in [5.74, 6) is -0.136. The van der Waals surface area contributed by atoms with Gasteiger partial charge < -0.3 is 15.9 Å². The Morgan fingerprint density at radius 3 is 1.96 bits per heavy atom. The second-order valence-electron chi connectivity index (χ2n) is 6.09. The van der Waals surface area contributed by atoms with Gasteiger partial charge in [-0.25, -0.2) is 0 Å². The van der Waals surface area contributed by atoms with E-state index in [0.29, 0.717) is 64.5 Å². The Kier molecular flexibility index (Phi) is 4.67. The second-order valence-corrected chi connectivity index (χ2v) is 7.17. The highest BCUT2D eigenvalue weighted by molar-refractivity contribution is 14.1. The van der Waals surface area contributed by atoms with Crippen LogP contribution in [0.5, 0.6) is 0 Å². The van der Waals surface area contributed by atoms with E-state index in [4.69, 9.17) is 5.73 Å². The molecule has 3 rings (SSSR count). The number of ketones is 2. The van der Waals surface area contributed by atoms with Crippen LogP contribution in [0.15, 0.2) is 23.7 Å². The zero-order valence-electron chi connectivity index (χ0n) is 13.1. The van der Waals surface area contributed by atoms with Crippen LogP contribution < -0.4 is 5.73 Å². The molecule has 1 aromatic rings. The maximum atomic E-state index is 12.3. The maximum Gasteiger partial charge on any atom is 0.166 e. The molecule has 126 valence electrons. The monoisotopic (exact) mass is 439 g/mol. The van der Waals surface area contributed by atoms with Crippen LogP contribution in [-0.4, -0.2) is 21.8 Å². The average molecular weight is 439 g/mol. The minimum absolute atomic E-state index is 0.0428. The van der Waals surface area contributed by atoms with Crippen molar-refractivity contribution in [1.29, 1.82) is 0 Å². The van der Waals surface area contributed by atoms with Gasteiger partial charge in [-0.3, -0.25) is 9.59 Å². The van der Waals surface area contributed by atoms with Gasteiger partial charge >= 0.3 is 0 Å². The number of benzene rings is 1. The van der Waals surface area contributed by atoms with E-state index in [0.717, 1.165) is 0 Å². The van der Waals surface area contributed by atoms with Gasteiger partial charge in [-0.05, 0) is 41.5 Å². The Hall–Kier alpha value is -1.83. The van der Waals surface area contributed by atoms with E-state index < -0.39 is 0 Å². The smallest absolute Gasteiger partial charge is 0.166 e. The average Bonchev–Trinajstić information content (AvgIpc) is 2.52. The molecular formula is C18H18INO4. The third kappa shape index (κ3) is 2.83. The van der Waals surface area contributed by atoms with Gasteiger partial charge in [-0.1, -0.05) is 6.07 Å². The van der Waals surface area contributed by atoms with Gasteiger partial charge in [0.25, 0.3) is 0 Å². The molecule has 0 saturated carbocycles. The number of Topliss-reactive ketones (excluding diaryl/α,β-unsaturated/α-hetero) is 2. The molecule has 4 N–H and O–H groups in total. The summed E-state index contributed by atoms with van der Waals surface area (Å²) in [5, 5.41) is 20.4. The summed E-state index contributed by atoms with van der Waals surface area (Å²) in [6.07, 6.45) is 2.91. The number of nitrogen functional groups attached to an aromatic ring is 1. The number of nitrogens with two attached hydrogens (primary N) is 1. The van der Waals surface area contributed by atoms with Crippen LogP contribution >= 0.6 is 22.6 Å². The molecule has 0 spiro atoms. The Morgan fingerprint density at radius 2 is 1.42 bits per heavy atom. The number of anilines is 1. The van der Waals surface area contributed by atoms with E-state index in [1.54, 1.807) is 12.1 Å². The minimum atomic E-state index is -0.145. The molecule has 0 heterocycles. The lowest BCUT2D eigenvalue weighted by atomic mass is 9.86. The fourth-order valence-corrected chi connectivity index (χ4v) is 4.31.